The van der Waals surface area contributed by atoms with Crippen LogP contribution >= 0.6 is 0 Å². The molecule has 1 heterocycles. The molecule has 1 atom stereocenters. The molecule has 7 heteroatoms. The predicted molar refractivity (Wildman–Crippen MR) is 89.6 cm³/mol. The van der Waals surface area contributed by atoms with Crippen LogP contribution in [0.15, 0.2) is 0 Å². The molecule has 0 aromatic carbocycles. The van der Waals surface area contributed by atoms with Crippen molar-refractivity contribution in [3.63, 3.8) is 0 Å². The molecule has 134 valence electrons. The minimum Gasteiger partial charge on any atom is -0.377 e. The SMILES string of the molecule is COC(C)(C)CNS(=O)(=O)[C@@H]1CCCN(C(=O)C2CCCC2)C1. The van der Waals surface area contributed by atoms with Gasteiger partial charge in [0, 0.05) is 32.7 Å². The number of carbonyl (C=O) groups is 1. The van der Waals surface area contributed by atoms with Crippen molar-refractivity contribution >= 4 is 15.9 Å². The van der Waals surface area contributed by atoms with Crippen LogP contribution in [0.3, 0.4) is 0 Å². The number of carbonyl (C=O) groups excluding carboxylic acids is 1. The largest absolute Gasteiger partial charge is 0.377 e. The van der Waals surface area contributed by atoms with E-state index in [9.17, 15) is 13.2 Å². The summed E-state index contributed by atoms with van der Waals surface area (Å²) < 4.78 is 33.0. The van der Waals surface area contributed by atoms with Gasteiger partial charge in [-0.15, -0.1) is 0 Å². The molecule has 2 rings (SSSR count). The third-order valence-electron chi connectivity index (χ3n) is 5.08. The Morgan fingerprint density at radius 1 is 1.22 bits per heavy atom. The molecule has 2 aliphatic rings. The minimum absolute atomic E-state index is 0.108. The standard InChI is InChI=1S/C16H30N2O4S/c1-16(2,22-3)12-17-23(20,21)14-9-6-10-18(11-14)15(19)13-7-4-5-8-13/h13-14,17H,4-12H2,1-3H3/t14-/m1/s1. The number of amides is 1. The summed E-state index contributed by atoms with van der Waals surface area (Å²) in [6.07, 6.45) is 5.48. The van der Waals surface area contributed by atoms with Gasteiger partial charge < -0.3 is 9.64 Å². The summed E-state index contributed by atoms with van der Waals surface area (Å²) in [4.78, 5) is 14.3. The van der Waals surface area contributed by atoms with Crippen molar-refractivity contribution in [2.45, 2.75) is 63.2 Å². The number of rotatable bonds is 6. The van der Waals surface area contributed by atoms with Crippen LogP contribution in [0, 0.1) is 5.92 Å². The van der Waals surface area contributed by atoms with Crippen molar-refractivity contribution in [3.05, 3.63) is 0 Å². The Bertz CT molecular complexity index is 512. The van der Waals surface area contributed by atoms with Crippen LogP contribution in [0.25, 0.3) is 0 Å². The molecule has 23 heavy (non-hydrogen) atoms. The molecule has 1 saturated heterocycles. The van der Waals surface area contributed by atoms with E-state index in [2.05, 4.69) is 4.72 Å². The maximum atomic E-state index is 12.5. The zero-order valence-corrected chi connectivity index (χ0v) is 15.3. The van der Waals surface area contributed by atoms with Crippen LogP contribution in [0.1, 0.15) is 52.4 Å². The smallest absolute Gasteiger partial charge is 0.225 e. The fourth-order valence-corrected chi connectivity index (χ4v) is 4.92. The lowest BCUT2D eigenvalue weighted by Gasteiger charge is -2.34. The molecule has 2 fully saturated rings. The molecule has 0 aromatic rings. The third-order valence-corrected chi connectivity index (χ3v) is 6.89. The van der Waals surface area contributed by atoms with E-state index in [1.54, 1.807) is 12.0 Å². The molecule has 0 radical (unpaired) electrons. The number of nitrogens with one attached hydrogen (secondary N) is 1. The first-order chi connectivity index (χ1) is 10.7. The van der Waals surface area contributed by atoms with Crippen LogP contribution in [0.4, 0.5) is 0 Å². The highest BCUT2D eigenvalue weighted by Gasteiger charge is 2.36. The van der Waals surface area contributed by atoms with E-state index in [-0.39, 0.29) is 18.4 Å². The molecule has 0 spiro atoms. The van der Waals surface area contributed by atoms with Gasteiger partial charge in [-0.3, -0.25) is 4.79 Å². The Kier molecular flexibility index (Phi) is 6.08. The van der Waals surface area contributed by atoms with Gasteiger partial charge in [-0.2, -0.15) is 0 Å². The lowest BCUT2D eigenvalue weighted by Crippen LogP contribution is -2.51. The molecule has 1 N–H and O–H groups in total. The highest BCUT2D eigenvalue weighted by Crippen LogP contribution is 2.28. The van der Waals surface area contributed by atoms with Gasteiger partial charge in [-0.05, 0) is 39.5 Å². The second kappa shape index (κ2) is 7.49. The van der Waals surface area contributed by atoms with E-state index in [1.165, 1.54) is 0 Å². The number of sulfonamides is 1. The second-order valence-electron chi connectivity index (χ2n) is 7.36. The third kappa shape index (κ3) is 4.90. The van der Waals surface area contributed by atoms with Gasteiger partial charge in [0.15, 0.2) is 0 Å². The number of hydrogen-bond acceptors (Lipinski definition) is 4. The molecule has 1 amide bonds. The summed E-state index contributed by atoms with van der Waals surface area (Å²) in [5, 5.41) is -0.519. The molecule has 0 unspecified atom stereocenters. The van der Waals surface area contributed by atoms with Crippen molar-refractivity contribution in [1.29, 1.82) is 0 Å². The number of nitrogens with zero attached hydrogens (tertiary/aromatic N) is 1. The van der Waals surface area contributed by atoms with Gasteiger partial charge in [-0.25, -0.2) is 13.1 Å². The number of methoxy groups -OCH3 is 1. The topological polar surface area (TPSA) is 75.7 Å². The summed E-state index contributed by atoms with van der Waals surface area (Å²) in [6, 6.07) is 0. The summed E-state index contributed by atoms with van der Waals surface area (Å²) in [6.45, 7) is 4.92. The zero-order chi connectivity index (χ0) is 17.1. The first-order valence-electron chi connectivity index (χ1n) is 8.57. The maximum Gasteiger partial charge on any atom is 0.225 e. The summed E-state index contributed by atoms with van der Waals surface area (Å²) in [5.41, 5.74) is -0.541. The molecule has 6 nitrogen and oxygen atoms in total. The van der Waals surface area contributed by atoms with E-state index >= 15 is 0 Å². The van der Waals surface area contributed by atoms with Crippen molar-refractivity contribution in [2.24, 2.45) is 5.92 Å². The Labute approximate surface area is 140 Å². The Balaban J connectivity index is 1.95. The quantitative estimate of drug-likeness (QED) is 0.791. The van der Waals surface area contributed by atoms with E-state index in [0.717, 1.165) is 32.1 Å². The maximum absolute atomic E-state index is 12.5. The van der Waals surface area contributed by atoms with Crippen LogP contribution in [0.5, 0.6) is 0 Å². The van der Waals surface area contributed by atoms with Crippen molar-refractivity contribution in [3.8, 4) is 0 Å². The van der Waals surface area contributed by atoms with E-state index < -0.39 is 20.9 Å². The van der Waals surface area contributed by atoms with E-state index in [4.69, 9.17) is 4.74 Å². The van der Waals surface area contributed by atoms with Gasteiger partial charge in [0.2, 0.25) is 15.9 Å². The first-order valence-corrected chi connectivity index (χ1v) is 10.1. The molecule has 0 aromatic heterocycles. The number of piperidine rings is 1. The summed E-state index contributed by atoms with van der Waals surface area (Å²) in [7, 11) is -1.87. The highest BCUT2D eigenvalue weighted by atomic mass is 32.2. The lowest BCUT2D eigenvalue weighted by molar-refractivity contribution is -0.136. The number of hydrogen-bond donors (Lipinski definition) is 1. The Morgan fingerprint density at radius 2 is 1.87 bits per heavy atom. The van der Waals surface area contributed by atoms with Crippen LogP contribution in [-0.2, 0) is 19.6 Å². The summed E-state index contributed by atoms with van der Waals surface area (Å²) >= 11 is 0. The van der Waals surface area contributed by atoms with Gasteiger partial charge in [0.1, 0.15) is 0 Å². The van der Waals surface area contributed by atoms with Gasteiger partial charge in [0.05, 0.1) is 10.9 Å². The fraction of sp³-hybridized carbons (Fsp3) is 0.938. The van der Waals surface area contributed by atoms with Crippen LogP contribution < -0.4 is 4.72 Å². The molecular weight excluding hydrogens is 316 g/mol. The van der Waals surface area contributed by atoms with Gasteiger partial charge >= 0.3 is 0 Å². The highest BCUT2D eigenvalue weighted by molar-refractivity contribution is 7.90. The number of likely N-dealkylation sites (tertiary alicyclic amines) is 1. The minimum atomic E-state index is -3.44. The second-order valence-corrected chi connectivity index (χ2v) is 9.41. The average molecular weight is 346 g/mol. The van der Waals surface area contributed by atoms with Gasteiger partial charge in [0.25, 0.3) is 0 Å². The van der Waals surface area contributed by atoms with E-state index in [1.807, 2.05) is 13.8 Å². The van der Waals surface area contributed by atoms with Gasteiger partial charge in [-0.1, -0.05) is 12.8 Å². The van der Waals surface area contributed by atoms with Crippen LogP contribution in [-0.4, -0.2) is 56.8 Å². The number of ether oxygens (including phenoxy) is 1. The van der Waals surface area contributed by atoms with E-state index in [0.29, 0.717) is 19.5 Å². The molecular formula is C16H30N2O4S. The van der Waals surface area contributed by atoms with Crippen molar-refractivity contribution in [1.82, 2.24) is 9.62 Å². The fourth-order valence-electron chi connectivity index (χ4n) is 3.29. The molecule has 1 saturated carbocycles. The summed E-state index contributed by atoms with van der Waals surface area (Å²) in [5.74, 6) is 0.261. The van der Waals surface area contributed by atoms with Crippen molar-refractivity contribution < 1.29 is 17.9 Å². The first kappa shape index (κ1) is 18.7. The lowest BCUT2D eigenvalue weighted by atomic mass is 10.0. The molecule has 1 aliphatic carbocycles. The zero-order valence-electron chi connectivity index (χ0n) is 14.5. The molecule has 0 bridgehead atoms. The Morgan fingerprint density at radius 3 is 2.48 bits per heavy atom. The monoisotopic (exact) mass is 346 g/mol. The molecule has 1 aliphatic heterocycles. The normalized spacial score (nSPS) is 24.1. The van der Waals surface area contributed by atoms with Crippen molar-refractivity contribution in [2.75, 3.05) is 26.7 Å². The Hall–Kier alpha value is -0.660. The van der Waals surface area contributed by atoms with Crippen LogP contribution in [0.2, 0.25) is 0 Å². The average Bonchev–Trinajstić information content (AvgIpc) is 3.07. The predicted octanol–water partition coefficient (Wildman–Crippen LogP) is 1.51.